The first-order chi connectivity index (χ1) is 12.2. The third-order valence-corrected chi connectivity index (χ3v) is 5.95. The minimum atomic E-state index is -0.834. The van der Waals surface area contributed by atoms with E-state index in [0.29, 0.717) is 16.6 Å². The van der Waals surface area contributed by atoms with Gasteiger partial charge in [-0.05, 0) is 43.0 Å². The van der Waals surface area contributed by atoms with E-state index in [0.717, 1.165) is 16.2 Å². The van der Waals surface area contributed by atoms with Crippen LogP contribution in [-0.2, 0) is 0 Å². The smallest absolute Gasteiger partial charge is 0.141 e. The van der Waals surface area contributed by atoms with Gasteiger partial charge in [-0.25, -0.2) is 9.67 Å². The standard InChI is InChI=1S/C17H14ClN5OS/c18-11-3-5-12(6-4-11)23-8-13(20-21-23)16(24)15-17(10-1-2-10)25-14-7-19-9-22(14)15/h3-10,16,24H,1-2H2. The Labute approximate surface area is 152 Å². The molecule has 5 rings (SSSR count). The fourth-order valence-electron chi connectivity index (χ4n) is 2.99. The Morgan fingerprint density at radius 1 is 1.24 bits per heavy atom. The molecule has 0 amide bonds. The molecule has 6 nitrogen and oxygen atoms in total. The summed E-state index contributed by atoms with van der Waals surface area (Å²) in [5.74, 6) is 0.542. The van der Waals surface area contributed by atoms with Gasteiger partial charge in [0.25, 0.3) is 0 Å². The van der Waals surface area contributed by atoms with Crippen LogP contribution in [0.5, 0.6) is 0 Å². The zero-order valence-corrected chi connectivity index (χ0v) is 14.7. The number of nitrogens with zero attached hydrogens (tertiary/aromatic N) is 5. The van der Waals surface area contributed by atoms with Crippen molar-refractivity contribution in [3.05, 3.63) is 64.3 Å². The van der Waals surface area contributed by atoms with Crippen LogP contribution in [0.3, 0.4) is 0 Å². The number of imidazole rings is 1. The third-order valence-electron chi connectivity index (χ3n) is 4.42. The molecule has 1 aliphatic rings. The summed E-state index contributed by atoms with van der Waals surface area (Å²) in [7, 11) is 0. The summed E-state index contributed by atoms with van der Waals surface area (Å²) in [5.41, 5.74) is 2.23. The van der Waals surface area contributed by atoms with Crippen LogP contribution in [0.15, 0.2) is 43.0 Å². The average Bonchev–Trinajstić information content (AvgIpc) is 3.04. The van der Waals surface area contributed by atoms with Crippen LogP contribution in [-0.4, -0.2) is 29.5 Å². The highest BCUT2D eigenvalue weighted by Gasteiger charge is 2.33. The number of hydrogen-bond donors (Lipinski definition) is 1. The molecule has 4 aromatic rings. The first-order valence-corrected chi connectivity index (χ1v) is 9.21. The number of thiazole rings is 1. The number of fused-ring (bicyclic) bond motifs is 1. The largest absolute Gasteiger partial charge is 0.380 e. The predicted molar refractivity (Wildman–Crippen MR) is 95.5 cm³/mol. The van der Waals surface area contributed by atoms with E-state index >= 15 is 0 Å². The summed E-state index contributed by atoms with van der Waals surface area (Å²) in [6, 6.07) is 7.32. The van der Waals surface area contributed by atoms with Crippen molar-refractivity contribution in [1.82, 2.24) is 24.4 Å². The highest BCUT2D eigenvalue weighted by molar-refractivity contribution is 7.17. The first-order valence-electron chi connectivity index (χ1n) is 8.01. The average molecular weight is 372 g/mol. The van der Waals surface area contributed by atoms with Crippen LogP contribution in [0.25, 0.3) is 10.5 Å². The van der Waals surface area contributed by atoms with Crippen molar-refractivity contribution in [2.24, 2.45) is 0 Å². The highest BCUT2D eigenvalue weighted by atomic mass is 35.5. The Bertz CT molecular complexity index is 1050. The van der Waals surface area contributed by atoms with Gasteiger partial charge in [-0.2, -0.15) is 0 Å². The SMILES string of the molecule is OC(c1cn(-c2ccc(Cl)cc2)nn1)c1c(C2CC2)sc2cncn12. The molecule has 0 aliphatic heterocycles. The molecule has 25 heavy (non-hydrogen) atoms. The normalized spacial score (nSPS) is 15.8. The van der Waals surface area contributed by atoms with Gasteiger partial charge in [-0.3, -0.25) is 4.40 Å². The maximum absolute atomic E-state index is 11.0. The number of aromatic nitrogens is 5. The molecule has 1 atom stereocenters. The van der Waals surface area contributed by atoms with E-state index in [9.17, 15) is 5.11 Å². The summed E-state index contributed by atoms with van der Waals surface area (Å²) < 4.78 is 3.60. The predicted octanol–water partition coefficient (Wildman–Crippen LogP) is 3.59. The number of halogens is 1. The van der Waals surface area contributed by atoms with Gasteiger partial charge in [-0.1, -0.05) is 16.8 Å². The van der Waals surface area contributed by atoms with Crippen molar-refractivity contribution in [1.29, 1.82) is 0 Å². The Hall–Kier alpha value is -2.22. The van der Waals surface area contributed by atoms with Crippen molar-refractivity contribution in [2.75, 3.05) is 0 Å². The lowest BCUT2D eigenvalue weighted by atomic mass is 10.1. The maximum atomic E-state index is 11.0. The van der Waals surface area contributed by atoms with Crippen molar-refractivity contribution in [3.8, 4) is 5.69 Å². The van der Waals surface area contributed by atoms with E-state index in [2.05, 4.69) is 15.3 Å². The monoisotopic (exact) mass is 371 g/mol. The number of aliphatic hydroxyl groups excluding tert-OH is 1. The van der Waals surface area contributed by atoms with Gasteiger partial charge in [0.15, 0.2) is 0 Å². The molecule has 1 aliphatic carbocycles. The van der Waals surface area contributed by atoms with Crippen molar-refractivity contribution in [2.45, 2.75) is 24.9 Å². The van der Waals surface area contributed by atoms with Gasteiger partial charge >= 0.3 is 0 Å². The lowest BCUT2D eigenvalue weighted by molar-refractivity contribution is 0.208. The van der Waals surface area contributed by atoms with Gasteiger partial charge in [0.05, 0.1) is 23.8 Å². The summed E-state index contributed by atoms with van der Waals surface area (Å²) in [5, 5.41) is 20.0. The van der Waals surface area contributed by atoms with Crippen LogP contribution in [0.1, 0.15) is 41.1 Å². The molecule has 0 spiro atoms. The maximum Gasteiger partial charge on any atom is 0.141 e. The van der Waals surface area contributed by atoms with Crippen LogP contribution < -0.4 is 0 Å². The van der Waals surface area contributed by atoms with Gasteiger partial charge in [0.1, 0.15) is 23.0 Å². The molecule has 3 aromatic heterocycles. The quantitative estimate of drug-likeness (QED) is 0.595. The summed E-state index contributed by atoms with van der Waals surface area (Å²) in [4.78, 5) is 6.46. The zero-order valence-electron chi connectivity index (χ0n) is 13.1. The topological polar surface area (TPSA) is 68.2 Å². The molecular weight excluding hydrogens is 358 g/mol. The lowest BCUT2D eigenvalue weighted by Gasteiger charge is -2.09. The molecule has 1 aromatic carbocycles. The molecule has 0 radical (unpaired) electrons. The Morgan fingerprint density at radius 3 is 2.80 bits per heavy atom. The van der Waals surface area contributed by atoms with Crippen molar-refractivity contribution < 1.29 is 5.11 Å². The minimum absolute atomic E-state index is 0.519. The molecule has 3 heterocycles. The van der Waals surface area contributed by atoms with Crippen LogP contribution in [0.4, 0.5) is 0 Å². The molecule has 1 fully saturated rings. The van der Waals surface area contributed by atoms with Gasteiger partial charge < -0.3 is 5.11 Å². The second-order valence-electron chi connectivity index (χ2n) is 6.19. The highest BCUT2D eigenvalue weighted by Crippen LogP contribution is 2.47. The lowest BCUT2D eigenvalue weighted by Crippen LogP contribution is -2.06. The Kier molecular flexibility index (Phi) is 3.41. The van der Waals surface area contributed by atoms with E-state index in [1.165, 1.54) is 17.7 Å². The number of benzene rings is 1. The molecule has 126 valence electrons. The van der Waals surface area contributed by atoms with E-state index in [4.69, 9.17) is 11.6 Å². The Morgan fingerprint density at radius 2 is 2.04 bits per heavy atom. The number of aliphatic hydroxyl groups is 1. The molecule has 0 saturated heterocycles. The number of rotatable bonds is 4. The third kappa shape index (κ3) is 2.55. The fourth-order valence-corrected chi connectivity index (χ4v) is 4.42. The van der Waals surface area contributed by atoms with Gasteiger partial charge in [0.2, 0.25) is 0 Å². The zero-order chi connectivity index (χ0) is 17.0. The summed E-state index contributed by atoms with van der Waals surface area (Å²) >= 11 is 7.63. The summed E-state index contributed by atoms with van der Waals surface area (Å²) in [6.07, 6.45) is 6.85. The van der Waals surface area contributed by atoms with E-state index in [1.807, 2.05) is 22.7 Å². The van der Waals surface area contributed by atoms with E-state index in [1.54, 1.807) is 40.7 Å². The number of hydrogen-bond acceptors (Lipinski definition) is 5. The van der Waals surface area contributed by atoms with Crippen molar-refractivity contribution >= 4 is 27.8 Å². The van der Waals surface area contributed by atoms with Gasteiger partial charge in [0, 0.05) is 9.90 Å². The molecule has 1 saturated carbocycles. The van der Waals surface area contributed by atoms with Gasteiger partial charge in [-0.15, -0.1) is 16.4 Å². The molecule has 8 heteroatoms. The van der Waals surface area contributed by atoms with Crippen LogP contribution in [0.2, 0.25) is 5.02 Å². The van der Waals surface area contributed by atoms with E-state index < -0.39 is 6.10 Å². The van der Waals surface area contributed by atoms with Crippen LogP contribution in [0, 0.1) is 0 Å². The molecular formula is C17H14ClN5OS. The first kappa shape index (κ1) is 15.1. The second kappa shape index (κ2) is 5.66. The molecule has 1 N–H and O–H groups in total. The Balaban J connectivity index is 1.55. The molecule has 1 unspecified atom stereocenters. The summed E-state index contributed by atoms with van der Waals surface area (Å²) in [6.45, 7) is 0. The fraction of sp³-hybridized carbons (Fsp3) is 0.235. The van der Waals surface area contributed by atoms with Crippen LogP contribution >= 0.6 is 22.9 Å². The van der Waals surface area contributed by atoms with E-state index in [-0.39, 0.29) is 0 Å². The van der Waals surface area contributed by atoms with Crippen molar-refractivity contribution in [3.63, 3.8) is 0 Å². The minimum Gasteiger partial charge on any atom is -0.380 e. The molecule has 0 bridgehead atoms. The second-order valence-corrected chi connectivity index (χ2v) is 7.69.